The Kier molecular flexibility index (Phi) is 9.98. The van der Waals surface area contributed by atoms with Crippen LogP contribution >= 0.6 is 0 Å². The fourth-order valence-corrected chi connectivity index (χ4v) is 7.14. The summed E-state index contributed by atoms with van der Waals surface area (Å²) in [4.78, 5) is 4.98. The molecule has 7 aromatic rings. The van der Waals surface area contributed by atoms with Crippen molar-refractivity contribution in [3.63, 3.8) is 0 Å². The van der Waals surface area contributed by atoms with Gasteiger partial charge in [-0.05, 0) is 110 Å². The van der Waals surface area contributed by atoms with Crippen molar-refractivity contribution in [1.29, 1.82) is 0 Å². The van der Waals surface area contributed by atoms with Gasteiger partial charge in [0.15, 0.2) is 0 Å². The number of fused-ring (bicyclic) bond motifs is 3. The van der Waals surface area contributed by atoms with E-state index in [-0.39, 0.29) is 0 Å². The van der Waals surface area contributed by atoms with Crippen LogP contribution in [-0.4, -0.2) is 0 Å². The molecule has 0 amide bonds. The fourth-order valence-electron chi connectivity index (χ4n) is 7.14. The molecule has 250 valence electrons. The van der Waals surface area contributed by atoms with Crippen molar-refractivity contribution in [3.8, 4) is 0 Å². The molecule has 0 saturated carbocycles. The molecule has 0 atom stereocenters. The van der Waals surface area contributed by atoms with Crippen LogP contribution < -0.4 is 9.80 Å². The minimum atomic E-state index is 1.10. The third kappa shape index (κ3) is 6.76. The molecular weight excluding hydrogens is 605 g/mol. The van der Waals surface area contributed by atoms with Gasteiger partial charge >= 0.3 is 0 Å². The number of hydrogen-bond acceptors (Lipinski definition) is 2. The molecule has 0 unspecified atom stereocenters. The summed E-state index contributed by atoms with van der Waals surface area (Å²) in [5, 5.41) is 4.93. The second-order valence-corrected chi connectivity index (χ2v) is 13.7. The van der Waals surface area contributed by atoms with Crippen molar-refractivity contribution in [3.05, 3.63) is 168 Å². The zero-order chi connectivity index (χ0) is 34.5. The van der Waals surface area contributed by atoms with E-state index in [1.165, 1.54) is 80.9 Å². The molecule has 0 radical (unpaired) electrons. The minimum Gasteiger partial charge on any atom is -0.308 e. The van der Waals surface area contributed by atoms with Crippen LogP contribution in [-0.2, 0) is 12.8 Å². The monoisotopic (exact) mass is 652 g/mol. The molecule has 0 heterocycles. The highest BCUT2D eigenvalue weighted by Gasteiger charge is 2.27. The largest absolute Gasteiger partial charge is 0.308 e. The van der Waals surface area contributed by atoms with Crippen LogP contribution in [0.2, 0.25) is 0 Å². The average molecular weight is 653 g/mol. The number of nitrogens with zero attached hydrogens (tertiary/aromatic N) is 2. The van der Waals surface area contributed by atoms with Gasteiger partial charge in [-0.15, -0.1) is 0 Å². The van der Waals surface area contributed by atoms with Gasteiger partial charge in [0.25, 0.3) is 0 Å². The number of aryl methyl sites for hydroxylation is 4. The van der Waals surface area contributed by atoms with E-state index in [0.717, 1.165) is 35.6 Å². The van der Waals surface area contributed by atoms with Gasteiger partial charge < -0.3 is 9.80 Å². The summed E-state index contributed by atoms with van der Waals surface area (Å²) >= 11 is 0. The van der Waals surface area contributed by atoms with Crippen LogP contribution in [0.25, 0.3) is 21.5 Å². The van der Waals surface area contributed by atoms with Gasteiger partial charge in [0.2, 0.25) is 0 Å². The average Bonchev–Trinajstić information content (AvgIpc) is 3.16. The maximum Gasteiger partial charge on any atom is 0.0788 e. The molecule has 50 heavy (non-hydrogen) atoms. The van der Waals surface area contributed by atoms with Crippen LogP contribution in [0.5, 0.6) is 0 Å². The summed E-state index contributed by atoms with van der Waals surface area (Å²) in [6.45, 7) is 8.85. The standard InChI is InChI=1S/C48H48N2/c1-5-7-13-37-23-31-41(32-24-37)49(39-27-19-35(3)20-28-39)47-45-17-11-9-15-43(45)44-16-10-12-18-46(44)48(47)50(40-29-21-36(4)22-30-40)42-33-25-38(26-34-42)14-8-6-2/h9-12,15-34H,5-8,13-14H2,1-4H3. The Morgan fingerprint density at radius 3 is 0.980 bits per heavy atom. The first-order chi connectivity index (χ1) is 24.6. The highest BCUT2D eigenvalue weighted by atomic mass is 15.2. The van der Waals surface area contributed by atoms with Crippen molar-refractivity contribution in [2.45, 2.75) is 66.2 Å². The first-order valence-corrected chi connectivity index (χ1v) is 18.4. The quantitative estimate of drug-likeness (QED) is 0.0957. The lowest BCUT2D eigenvalue weighted by atomic mass is 9.95. The van der Waals surface area contributed by atoms with Gasteiger partial charge in [-0.25, -0.2) is 0 Å². The highest BCUT2D eigenvalue weighted by molar-refractivity contribution is 6.23. The lowest BCUT2D eigenvalue weighted by molar-refractivity contribution is 0.795. The summed E-state index contributed by atoms with van der Waals surface area (Å²) in [6.07, 6.45) is 6.98. The van der Waals surface area contributed by atoms with E-state index in [9.17, 15) is 0 Å². The van der Waals surface area contributed by atoms with Gasteiger partial charge in [0, 0.05) is 33.5 Å². The highest BCUT2D eigenvalue weighted by Crippen LogP contribution is 2.53. The van der Waals surface area contributed by atoms with Crippen molar-refractivity contribution in [1.82, 2.24) is 0 Å². The minimum absolute atomic E-state index is 1.10. The molecule has 2 nitrogen and oxygen atoms in total. The van der Waals surface area contributed by atoms with Gasteiger partial charge in [0.05, 0.1) is 11.4 Å². The summed E-state index contributed by atoms with van der Waals surface area (Å²) < 4.78 is 0. The number of unbranched alkanes of at least 4 members (excludes halogenated alkanes) is 2. The Morgan fingerprint density at radius 1 is 0.360 bits per heavy atom. The van der Waals surface area contributed by atoms with Crippen LogP contribution in [0.4, 0.5) is 34.1 Å². The molecule has 7 rings (SSSR count). The summed E-state index contributed by atoms with van der Waals surface area (Å²) in [5.41, 5.74) is 12.2. The van der Waals surface area contributed by atoms with Crippen LogP contribution in [0.3, 0.4) is 0 Å². The van der Waals surface area contributed by atoms with Crippen LogP contribution in [0.1, 0.15) is 61.8 Å². The Hall–Kier alpha value is -5.34. The topological polar surface area (TPSA) is 6.48 Å². The first-order valence-electron chi connectivity index (χ1n) is 18.4. The molecule has 0 aliphatic carbocycles. The molecule has 0 spiro atoms. The van der Waals surface area contributed by atoms with Crippen LogP contribution in [0.15, 0.2) is 146 Å². The SMILES string of the molecule is CCCCc1ccc(N(c2ccc(C)cc2)c2c(N(c3ccc(C)cc3)c3ccc(CCCC)cc3)c3ccccc3c3ccccc23)cc1. The van der Waals surface area contributed by atoms with Crippen molar-refractivity contribution in [2.75, 3.05) is 9.80 Å². The third-order valence-corrected chi connectivity index (χ3v) is 9.94. The number of rotatable bonds is 12. The van der Waals surface area contributed by atoms with Crippen molar-refractivity contribution in [2.24, 2.45) is 0 Å². The van der Waals surface area contributed by atoms with E-state index in [4.69, 9.17) is 0 Å². The predicted molar refractivity (Wildman–Crippen MR) is 218 cm³/mol. The summed E-state index contributed by atoms with van der Waals surface area (Å²) in [6, 6.07) is 54.4. The summed E-state index contributed by atoms with van der Waals surface area (Å²) in [7, 11) is 0. The van der Waals surface area contributed by atoms with Crippen LogP contribution in [0, 0.1) is 13.8 Å². The van der Waals surface area contributed by atoms with Gasteiger partial charge in [-0.3, -0.25) is 0 Å². The molecule has 0 fully saturated rings. The van der Waals surface area contributed by atoms with E-state index in [1.807, 2.05) is 0 Å². The molecule has 0 saturated heterocycles. The molecule has 0 bridgehead atoms. The third-order valence-electron chi connectivity index (χ3n) is 9.94. The molecule has 0 aromatic heterocycles. The molecule has 7 aromatic carbocycles. The van der Waals surface area contributed by atoms with Gasteiger partial charge in [-0.2, -0.15) is 0 Å². The summed E-state index contributed by atoms with van der Waals surface area (Å²) in [5.74, 6) is 0. The second kappa shape index (κ2) is 15.0. The maximum atomic E-state index is 2.49. The normalized spacial score (nSPS) is 11.3. The molecule has 0 aliphatic heterocycles. The second-order valence-electron chi connectivity index (χ2n) is 13.7. The van der Waals surface area contributed by atoms with E-state index in [1.54, 1.807) is 0 Å². The Balaban J connectivity index is 1.58. The smallest absolute Gasteiger partial charge is 0.0788 e. The van der Waals surface area contributed by atoms with Gasteiger partial charge in [0.1, 0.15) is 0 Å². The van der Waals surface area contributed by atoms with Crippen molar-refractivity contribution < 1.29 is 0 Å². The number of hydrogen-bond donors (Lipinski definition) is 0. The molecular formula is C48H48N2. The number of anilines is 6. The Morgan fingerprint density at radius 2 is 0.660 bits per heavy atom. The zero-order valence-electron chi connectivity index (χ0n) is 30.0. The van der Waals surface area contributed by atoms with E-state index in [0.29, 0.717) is 0 Å². The molecule has 2 heteroatoms. The first kappa shape index (κ1) is 33.2. The molecule has 0 aliphatic rings. The zero-order valence-corrected chi connectivity index (χ0v) is 30.0. The fraction of sp³-hybridized carbons (Fsp3) is 0.208. The maximum absolute atomic E-state index is 2.49. The van der Waals surface area contributed by atoms with E-state index >= 15 is 0 Å². The van der Waals surface area contributed by atoms with Crippen molar-refractivity contribution >= 4 is 55.7 Å². The van der Waals surface area contributed by atoms with E-state index < -0.39 is 0 Å². The lowest BCUT2D eigenvalue weighted by Gasteiger charge is -2.35. The predicted octanol–water partition coefficient (Wildman–Crippen LogP) is 14.2. The lowest BCUT2D eigenvalue weighted by Crippen LogP contribution is -2.18. The number of benzene rings is 7. The molecule has 0 N–H and O–H groups in total. The van der Waals surface area contributed by atoms with Gasteiger partial charge in [-0.1, -0.05) is 135 Å². The Bertz CT molecular complexity index is 2020. The van der Waals surface area contributed by atoms with E-state index in [2.05, 4.69) is 183 Å². The Labute approximate surface area is 298 Å².